The molecule has 0 radical (unpaired) electrons. The van der Waals surface area contributed by atoms with Crippen molar-refractivity contribution in [2.24, 2.45) is 0 Å². The van der Waals surface area contributed by atoms with Gasteiger partial charge in [-0.05, 0) is 37.6 Å². The smallest absolute Gasteiger partial charge is 0.162 e. The summed E-state index contributed by atoms with van der Waals surface area (Å²) in [7, 11) is 1.70. The zero-order chi connectivity index (χ0) is 21.6. The van der Waals surface area contributed by atoms with Crippen LogP contribution in [0.5, 0.6) is 11.5 Å². The van der Waals surface area contributed by atoms with Gasteiger partial charge in [-0.2, -0.15) is 0 Å². The molecule has 2 atom stereocenters. The number of morpholine rings is 1. The Labute approximate surface area is 186 Å². The first-order valence-electron chi connectivity index (χ1n) is 11.8. The normalized spacial score (nSPS) is 28.8. The van der Waals surface area contributed by atoms with Gasteiger partial charge in [-0.15, -0.1) is 0 Å². The molecule has 2 heterocycles. The van der Waals surface area contributed by atoms with Crippen LogP contribution in [0.1, 0.15) is 37.8 Å². The third-order valence-electron chi connectivity index (χ3n) is 6.75. The van der Waals surface area contributed by atoms with Gasteiger partial charge >= 0.3 is 0 Å². The Morgan fingerprint density at radius 1 is 0.903 bits per heavy atom. The number of hydrogen-bond donors (Lipinski definition) is 2. The van der Waals surface area contributed by atoms with Crippen molar-refractivity contribution in [3.63, 3.8) is 0 Å². The molecule has 4 rings (SSSR count). The fourth-order valence-electron chi connectivity index (χ4n) is 5.23. The Kier molecular flexibility index (Phi) is 7.49. The summed E-state index contributed by atoms with van der Waals surface area (Å²) < 4.78 is 17.6. The van der Waals surface area contributed by atoms with E-state index >= 15 is 0 Å². The van der Waals surface area contributed by atoms with E-state index in [-0.39, 0.29) is 0 Å². The Bertz CT molecular complexity index is 811. The monoisotopic (exact) mass is 426 g/mol. The molecule has 0 aliphatic carbocycles. The van der Waals surface area contributed by atoms with Crippen molar-refractivity contribution in [3.05, 3.63) is 59.7 Å². The van der Waals surface area contributed by atoms with Crippen molar-refractivity contribution in [1.29, 1.82) is 0 Å². The van der Waals surface area contributed by atoms with Crippen LogP contribution in [0.3, 0.4) is 0 Å². The van der Waals surface area contributed by atoms with E-state index in [0.29, 0.717) is 18.8 Å². The number of rotatable bonds is 7. The molecule has 31 heavy (non-hydrogen) atoms. The molecule has 2 aliphatic rings. The van der Waals surface area contributed by atoms with Crippen LogP contribution in [-0.4, -0.2) is 51.5 Å². The van der Waals surface area contributed by atoms with Crippen molar-refractivity contribution < 1.29 is 24.0 Å². The molecular formula is C26H38N2O3+2. The first-order chi connectivity index (χ1) is 15.1. The predicted octanol–water partition coefficient (Wildman–Crippen LogP) is 1.51. The summed E-state index contributed by atoms with van der Waals surface area (Å²) in [6.45, 7) is 10.8. The van der Waals surface area contributed by atoms with Crippen LogP contribution in [0.25, 0.3) is 0 Å². The summed E-state index contributed by atoms with van der Waals surface area (Å²) in [4.78, 5) is 3.43. The lowest BCUT2D eigenvalue weighted by Gasteiger charge is -2.39. The van der Waals surface area contributed by atoms with Gasteiger partial charge < -0.3 is 24.0 Å². The van der Waals surface area contributed by atoms with Gasteiger partial charge in [0.15, 0.2) is 11.5 Å². The van der Waals surface area contributed by atoms with Crippen LogP contribution in [-0.2, 0) is 17.9 Å². The Morgan fingerprint density at radius 2 is 1.61 bits per heavy atom. The highest BCUT2D eigenvalue weighted by Crippen LogP contribution is 2.28. The van der Waals surface area contributed by atoms with Crippen LogP contribution in [0.4, 0.5) is 0 Å². The molecule has 2 aliphatic heterocycles. The second kappa shape index (κ2) is 10.5. The van der Waals surface area contributed by atoms with Crippen LogP contribution in [0.2, 0.25) is 0 Å². The van der Waals surface area contributed by atoms with E-state index in [2.05, 4.69) is 38.1 Å². The fraction of sp³-hybridized carbons (Fsp3) is 0.538. The van der Waals surface area contributed by atoms with Crippen LogP contribution in [0.15, 0.2) is 48.5 Å². The number of quaternary nitrogens is 2. The van der Waals surface area contributed by atoms with Gasteiger partial charge in [-0.1, -0.05) is 30.3 Å². The summed E-state index contributed by atoms with van der Waals surface area (Å²) in [5.74, 6) is 1.63. The van der Waals surface area contributed by atoms with Crippen molar-refractivity contribution in [3.8, 4) is 11.5 Å². The van der Waals surface area contributed by atoms with Gasteiger partial charge in [-0.3, -0.25) is 0 Å². The van der Waals surface area contributed by atoms with Crippen molar-refractivity contribution in [2.75, 3.05) is 33.3 Å². The molecule has 5 nitrogen and oxygen atoms in total. The lowest BCUT2D eigenvalue weighted by Crippen LogP contribution is -3.22. The summed E-state index contributed by atoms with van der Waals surface area (Å²) in [6, 6.07) is 17.5. The van der Waals surface area contributed by atoms with Crippen LogP contribution >= 0.6 is 0 Å². The zero-order valence-corrected chi connectivity index (χ0v) is 19.2. The second-order valence-corrected chi connectivity index (χ2v) is 9.28. The van der Waals surface area contributed by atoms with Gasteiger partial charge in [0, 0.05) is 18.4 Å². The second-order valence-electron chi connectivity index (χ2n) is 9.28. The maximum Gasteiger partial charge on any atom is 0.162 e. The molecule has 2 saturated heterocycles. The molecule has 2 aromatic rings. The SMILES string of the molecule is COc1ccc(C[NH+]2CCC([NH+]3C[C@H](C)O[C@@H](C)C3)CC2)cc1OCc1ccccc1. The minimum atomic E-state index is 0.387. The van der Waals surface area contributed by atoms with Crippen LogP contribution < -0.4 is 19.3 Å². The number of benzene rings is 2. The predicted molar refractivity (Wildman–Crippen MR) is 122 cm³/mol. The molecular weight excluding hydrogens is 388 g/mol. The van der Waals surface area contributed by atoms with Gasteiger partial charge in [-0.25, -0.2) is 0 Å². The molecule has 0 aromatic heterocycles. The summed E-state index contributed by atoms with van der Waals surface area (Å²) in [5.41, 5.74) is 2.48. The quantitative estimate of drug-likeness (QED) is 0.705. The molecule has 5 heteroatoms. The summed E-state index contributed by atoms with van der Waals surface area (Å²) >= 11 is 0. The fourth-order valence-corrected chi connectivity index (χ4v) is 5.23. The molecule has 2 fully saturated rings. The zero-order valence-electron chi connectivity index (χ0n) is 19.2. The highest BCUT2D eigenvalue weighted by Gasteiger charge is 2.35. The van der Waals surface area contributed by atoms with Crippen molar-refractivity contribution in [2.45, 2.75) is 58.1 Å². The number of methoxy groups -OCH3 is 1. The lowest BCUT2D eigenvalue weighted by atomic mass is 10.0. The van der Waals surface area contributed by atoms with E-state index in [9.17, 15) is 0 Å². The van der Waals surface area contributed by atoms with Gasteiger partial charge in [0.2, 0.25) is 0 Å². The minimum Gasteiger partial charge on any atom is -0.493 e. The van der Waals surface area contributed by atoms with E-state index in [1.807, 2.05) is 24.3 Å². The largest absolute Gasteiger partial charge is 0.493 e. The highest BCUT2D eigenvalue weighted by atomic mass is 16.5. The van der Waals surface area contributed by atoms with E-state index in [4.69, 9.17) is 14.2 Å². The maximum absolute atomic E-state index is 6.11. The Balaban J connectivity index is 1.32. The third-order valence-corrected chi connectivity index (χ3v) is 6.75. The van der Waals surface area contributed by atoms with Crippen molar-refractivity contribution >= 4 is 0 Å². The molecule has 2 N–H and O–H groups in total. The summed E-state index contributed by atoms with van der Waals surface area (Å²) in [5, 5.41) is 0. The number of nitrogens with one attached hydrogen (secondary N) is 2. The first kappa shape index (κ1) is 22.1. The van der Waals surface area contributed by atoms with E-state index < -0.39 is 0 Å². The standard InChI is InChI=1S/C26H36N2O3/c1-20-16-28(17-21(2)31-20)24-11-13-27(14-12-24)18-23-9-10-25(29-3)26(15-23)30-19-22-7-5-4-6-8-22/h4-10,15,20-21,24H,11-14,16-19H2,1-3H3/p+2/t20-,21-/m0/s1. The number of hydrogen-bond acceptors (Lipinski definition) is 3. The van der Waals surface area contributed by atoms with Gasteiger partial charge in [0.05, 0.1) is 26.2 Å². The molecule has 0 spiro atoms. The van der Waals surface area contributed by atoms with Gasteiger partial charge in [0.1, 0.15) is 38.4 Å². The maximum atomic E-state index is 6.11. The number of piperidine rings is 1. The summed E-state index contributed by atoms with van der Waals surface area (Å²) in [6.07, 6.45) is 3.38. The molecule has 0 unspecified atom stereocenters. The Hall–Kier alpha value is -2.08. The van der Waals surface area contributed by atoms with Crippen molar-refractivity contribution in [1.82, 2.24) is 0 Å². The average molecular weight is 427 g/mol. The van der Waals surface area contributed by atoms with Crippen LogP contribution in [0, 0.1) is 0 Å². The topological polar surface area (TPSA) is 36.6 Å². The molecule has 168 valence electrons. The average Bonchev–Trinajstić information content (AvgIpc) is 2.78. The number of ether oxygens (including phenoxy) is 3. The minimum absolute atomic E-state index is 0.387. The van der Waals surface area contributed by atoms with Gasteiger partial charge in [0.25, 0.3) is 0 Å². The first-order valence-corrected chi connectivity index (χ1v) is 11.8. The number of likely N-dealkylation sites (tertiary alicyclic amines) is 1. The third kappa shape index (κ3) is 6.00. The molecule has 2 aromatic carbocycles. The molecule has 0 bridgehead atoms. The Morgan fingerprint density at radius 3 is 2.29 bits per heavy atom. The molecule has 0 amide bonds. The van der Waals surface area contributed by atoms with E-state index in [1.54, 1.807) is 16.9 Å². The van der Waals surface area contributed by atoms with E-state index in [0.717, 1.165) is 42.7 Å². The lowest BCUT2D eigenvalue weighted by molar-refractivity contribution is -0.970. The highest BCUT2D eigenvalue weighted by molar-refractivity contribution is 5.43. The van der Waals surface area contributed by atoms with E-state index in [1.165, 1.54) is 31.5 Å². The molecule has 0 saturated carbocycles.